The van der Waals surface area contributed by atoms with Crippen molar-refractivity contribution in [2.24, 2.45) is 0 Å². The predicted molar refractivity (Wildman–Crippen MR) is 51.4 cm³/mol. The molecular formula is C9H12O3S. The number of methoxy groups -OCH3 is 1. The number of ether oxygens (including phenoxy) is 2. The third-order valence-corrected chi connectivity index (χ3v) is 2.34. The lowest BCUT2D eigenvalue weighted by molar-refractivity contribution is 0.0602. The van der Waals surface area contributed by atoms with Crippen molar-refractivity contribution < 1.29 is 14.3 Å². The molecule has 72 valence electrons. The first-order valence-electron chi connectivity index (χ1n) is 4.08. The summed E-state index contributed by atoms with van der Waals surface area (Å²) in [6.07, 6.45) is 0.927. The normalized spacial score (nSPS) is 9.69. The Morgan fingerprint density at radius 2 is 2.38 bits per heavy atom. The number of rotatable bonds is 4. The van der Waals surface area contributed by atoms with Crippen molar-refractivity contribution in [1.29, 1.82) is 0 Å². The van der Waals surface area contributed by atoms with Crippen LogP contribution in [0, 0.1) is 0 Å². The van der Waals surface area contributed by atoms with Crippen LogP contribution >= 0.6 is 11.3 Å². The van der Waals surface area contributed by atoms with Crippen LogP contribution in [0.25, 0.3) is 0 Å². The molecule has 0 aromatic carbocycles. The molecule has 1 aromatic heterocycles. The van der Waals surface area contributed by atoms with Gasteiger partial charge in [-0.05, 0) is 17.9 Å². The zero-order chi connectivity index (χ0) is 9.68. The summed E-state index contributed by atoms with van der Waals surface area (Å²) >= 11 is 1.33. The summed E-state index contributed by atoms with van der Waals surface area (Å²) in [5.74, 6) is 0.291. The molecule has 0 aliphatic carbocycles. The minimum absolute atomic E-state index is 0.332. The largest absolute Gasteiger partial charge is 0.492 e. The first-order valence-corrected chi connectivity index (χ1v) is 4.96. The molecule has 0 radical (unpaired) electrons. The second-order valence-electron chi connectivity index (χ2n) is 2.45. The van der Waals surface area contributed by atoms with Gasteiger partial charge in [0.2, 0.25) is 0 Å². The Morgan fingerprint density at radius 1 is 1.62 bits per heavy atom. The third-order valence-electron chi connectivity index (χ3n) is 1.46. The van der Waals surface area contributed by atoms with E-state index in [0.717, 1.165) is 6.42 Å². The van der Waals surface area contributed by atoms with Gasteiger partial charge in [-0.15, -0.1) is 11.3 Å². The summed E-state index contributed by atoms with van der Waals surface area (Å²) < 4.78 is 9.97. The molecule has 0 saturated heterocycles. The van der Waals surface area contributed by atoms with Gasteiger partial charge in [-0.2, -0.15) is 0 Å². The monoisotopic (exact) mass is 200 g/mol. The van der Waals surface area contributed by atoms with E-state index in [2.05, 4.69) is 4.74 Å². The highest BCUT2D eigenvalue weighted by Crippen LogP contribution is 2.25. The smallest absolute Gasteiger partial charge is 0.351 e. The lowest BCUT2D eigenvalue weighted by Crippen LogP contribution is -2.02. The molecule has 0 atom stereocenters. The Bertz CT molecular complexity index is 280. The summed E-state index contributed by atoms with van der Waals surface area (Å²) in [4.78, 5) is 11.7. The maximum atomic E-state index is 11.2. The van der Waals surface area contributed by atoms with Gasteiger partial charge in [0.25, 0.3) is 0 Å². The molecule has 0 aliphatic heterocycles. The van der Waals surface area contributed by atoms with Crippen LogP contribution in [0.2, 0.25) is 0 Å². The van der Waals surface area contributed by atoms with Gasteiger partial charge in [-0.3, -0.25) is 0 Å². The SMILES string of the molecule is CCCOc1ccsc1C(=O)OC. The first kappa shape index (κ1) is 10.1. The highest BCUT2D eigenvalue weighted by atomic mass is 32.1. The van der Waals surface area contributed by atoms with E-state index < -0.39 is 0 Å². The summed E-state index contributed by atoms with van der Waals surface area (Å²) in [5, 5.41) is 1.82. The van der Waals surface area contributed by atoms with E-state index in [9.17, 15) is 4.79 Å². The van der Waals surface area contributed by atoms with E-state index >= 15 is 0 Å². The number of hydrogen-bond acceptors (Lipinski definition) is 4. The van der Waals surface area contributed by atoms with Crippen LogP contribution in [0.15, 0.2) is 11.4 Å². The zero-order valence-electron chi connectivity index (χ0n) is 7.70. The summed E-state index contributed by atoms with van der Waals surface area (Å²) in [6.45, 7) is 2.64. The fourth-order valence-corrected chi connectivity index (χ4v) is 1.62. The Hall–Kier alpha value is -1.03. The minimum Gasteiger partial charge on any atom is -0.492 e. The Kier molecular flexibility index (Phi) is 3.76. The van der Waals surface area contributed by atoms with Crippen LogP contribution in [0.1, 0.15) is 23.0 Å². The maximum absolute atomic E-state index is 11.2. The van der Waals surface area contributed by atoms with Crippen LogP contribution in [0.3, 0.4) is 0 Å². The second-order valence-corrected chi connectivity index (χ2v) is 3.37. The van der Waals surface area contributed by atoms with Crippen LogP contribution in [0.4, 0.5) is 0 Å². The summed E-state index contributed by atoms with van der Waals surface area (Å²) in [5.41, 5.74) is 0. The fraction of sp³-hybridized carbons (Fsp3) is 0.444. The fourth-order valence-electron chi connectivity index (χ4n) is 0.865. The molecule has 0 saturated carbocycles. The molecule has 13 heavy (non-hydrogen) atoms. The van der Waals surface area contributed by atoms with Gasteiger partial charge < -0.3 is 9.47 Å². The maximum Gasteiger partial charge on any atom is 0.351 e. The Balaban J connectivity index is 2.71. The van der Waals surface area contributed by atoms with Crippen molar-refractivity contribution in [2.75, 3.05) is 13.7 Å². The Labute approximate surface area is 81.3 Å². The standard InChI is InChI=1S/C9H12O3S/c1-3-5-12-7-4-6-13-8(7)9(10)11-2/h4,6H,3,5H2,1-2H3. The van der Waals surface area contributed by atoms with Crippen molar-refractivity contribution in [3.8, 4) is 5.75 Å². The van der Waals surface area contributed by atoms with Crippen LogP contribution in [0.5, 0.6) is 5.75 Å². The van der Waals surface area contributed by atoms with Crippen LogP contribution < -0.4 is 4.74 Å². The van der Waals surface area contributed by atoms with Gasteiger partial charge in [0, 0.05) is 0 Å². The van der Waals surface area contributed by atoms with Gasteiger partial charge in [-0.1, -0.05) is 6.92 Å². The van der Waals surface area contributed by atoms with Crippen LogP contribution in [-0.4, -0.2) is 19.7 Å². The van der Waals surface area contributed by atoms with Gasteiger partial charge in [0.1, 0.15) is 5.75 Å². The number of carbonyl (C=O) groups is 1. The quantitative estimate of drug-likeness (QED) is 0.700. The topological polar surface area (TPSA) is 35.5 Å². The number of thiophene rings is 1. The average Bonchev–Trinajstić information content (AvgIpc) is 2.61. The molecule has 0 aliphatic rings. The third kappa shape index (κ3) is 2.45. The lowest BCUT2D eigenvalue weighted by Gasteiger charge is -2.03. The average molecular weight is 200 g/mol. The molecule has 4 heteroatoms. The van der Waals surface area contributed by atoms with E-state index in [1.54, 1.807) is 6.07 Å². The number of hydrogen-bond donors (Lipinski definition) is 0. The highest BCUT2D eigenvalue weighted by Gasteiger charge is 2.13. The van der Waals surface area contributed by atoms with E-state index in [-0.39, 0.29) is 5.97 Å². The van der Waals surface area contributed by atoms with Crippen LogP contribution in [-0.2, 0) is 4.74 Å². The number of esters is 1. The second kappa shape index (κ2) is 4.87. The summed E-state index contributed by atoms with van der Waals surface area (Å²) in [7, 11) is 1.37. The van der Waals surface area contributed by atoms with E-state index in [4.69, 9.17) is 4.74 Å². The van der Waals surface area contributed by atoms with Crippen molar-refractivity contribution in [2.45, 2.75) is 13.3 Å². The van der Waals surface area contributed by atoms with Gasteiger partial charge >= 0.3 is 5.97 Å². The molecule has 0 bridgehead atoms. The van der Waals surface area contributed by atoms with E-state index in [0.29, 0.717) is 17.2 Å². The molecule has 1 rings (SSSR count). The van der Waals surface area contributed by atoms with Crippen molar-refractivity contribution >= 4 is 17.3 Å². The van der Waals surface area contributed by atoms with Gasteiger partial charge in [0.15, 0.2) is 4.88 Å². The van der Waals surface area contributed by atoms with E-state index in [1.807, 2.05) is 12.3 Å². The van der Waals surface area contributed by atoms with Gasteiger partial charge in [0.05, 0.1) is 13.7 Å². The lowest BCUT2D eigenvalue weighted by atomic mass is 10.4. The predicted octanol–water partition coefficient (Wildman–Crippen LogP) is 2.32. The molecule has 0 unspecified atom stereocenters. The Morgan fingerprint density at radius 3 is 3.00 bits per heavy atom. The molecule has 0 N–H and O–H groups in total. The number of carbonyl (C=O) groups excluding carboxylic acids is 1. The molecule has 0 amide bonds. The molecule has 0 spiro atoms. The molecule has 0 fully saturated rings. The summed E-state index contributed by atoms with van der Waals surface area (Å²) in [6, 6.07) is 1.78. The van der Waals surface area contributed by atoms with Gasteiger partial charge in [-0.25, -0.2) is 4.79 Å². The van der Waals surface area contributed by atoms with Crippen molar-refractivity contribution in [3.63, 3.8) is 0 Å². The minimum atomic E-state index is -0.332. The van der Waals surface area contributed by atoms with Crippen molar-refractivity contribution in [3.05, 3.63) is 16.3 Å². The molecule has 3 nitrogen and oxygen atoms in total. The molecule has 1 aromatic rings. The van der Waals surface area contributed by atoms with E-state index in [1.165, 1.54) is 18.4 Å². The first-order chi connectivity index (χ1) is 6.29. The molecular weight excluding hydrogens is 188 g/mol. The molecule has 1 heterocycles. The highest BCUT2D eigenvalue weighted by molar-refractivity contribution is 7.12. The zero-order valence-corrected chi connectivity index (χ0v) is 8.52. The van der Waals surface area contributed by atoms with Crippen molar-refractivity contribution in [1.82, 2.24) is 0 Å².